The van der Waals surface area contributed by atoms with E-state index in [0.29, 0.717) is 18.0 Å². The number of nitrogens with zero attached hydrogens (tertiary/aromatic N) is 3. The molecule has 3 heterocycles. The highest BCUT2D eigenvalue weighted by atomic mass is 16.5. The van der Waals surface area contributed by atoms with Crippen LogP contribution in [-0.4, -0.2) is 82.3 Å². The second-order valence-electron chi connectivity index (χ2n) is 7.41. The molecule has 10 nitrogen and oxygen atoms in total. The van der Waals surface area contributed by atoms with Crippen LogP contribution in [0.15, 0.2) is 42.9 Å². The van der Waals surface area contributed by atoms with Gasteiger partial charge in [-0.2, -0.15) is 0 Å². The third-order valence-corrected chi connectivity index (χ3v) is 5.08. The van der Waals surface area contributed by atoms with Gasteiger partial charge in [0.15, 0.2) is 0 Å². The Labute approximate surface area is 178 Å². The normalized spacial score (nSPS) is 19.1. The number of benzene rings is 1. The van der Waals surface area contributed by atoms with Crippen LogP contribution in [0, 0.1) is 0 Å². The fourth-order valence-electron chi connectivity index (χ4n) is 3.47. The number of methoxy groups -OCH3 is 1. The summed E-state index contributed by atoms with van der Waals surface area (Å²) in [4.78, 5) is 37.8. The second kappa shape index (κ2) is 8.70. The van der Waals surface area contributed by atoms with Crippen LogP contribution in [0.5, 0.6) is 5.75 Å². The van der Waals surface area contributed by atoms with Crippen LogP contribution in [0.1, 0.15) is 21.0 Å². The van der Waals surface area contributed by atoms with Gasteiger partial charge in [0, 0.05) is 29.8 Å². The molecule has 31 heavy (non-hydrogen) atoms. The van der Waals surface area contributed by atoms with Gasteiger partial charge < -0.3 is 29.8 Å². The lowest BCUT2D eigenvalue weighted by atomic mass is 10.0. The SMILES string of the molecule is COc1ccc2[nH]c(C(=O)N3CCOC[C@](O)(CNC(=O)c4cnccn4)C3)cc2c1. The molecule has 3 aromatic rings. The van der Waals surface area contributed by atoms with Gasteiger partial charge in [0.2, 0.25) is 0 Å². The van der Waals surface area contributed by atoms with Crippen molar-refractivity contribution in [2.45, 2.75) is 5.60 Å². The van der Waals surface area contributed by atoms with E-state index in [0.717, 1.165) is 10.9 Å². The number of amides is 2. The van der Waals surface area contributed by atoms with Crippen LogP contribution < -0.4 is 10.1 Å². The molecule has 0 bridgehead atoms. The Morgan fingerprint density at radius 1 is 1.35 bits per heavy atom. The predicted molar refractivity (Wildman–Crippen MR) is 111 cm³/mol. The number of aromatic amines is 1. The van der Waals surface area contributed by atoms with Gasteiger partial charge in [0.05, 0.1) is 39.6 Å². The number of aromatic nitrogens is 3. The maximum Gasteiger partial charge on any atom is 0.271 e. The maximum atomic E-state index is 13.1. The molecule has 162 valence electrons. The van der Waals surface area contributed by atoms with E-state index in [-0.39, 0.29) is 37.9 Å². The average molecular weight is 425 g/mol. The molecule has 4 rings (SSSR count). The number of nitrogens with one attached hydrogen (secondary N) is 2. The topological polar surface area (TPSA) is 130 Å². The molecule has 0 aliphatic carbocycles. The molecule has 1 fully saturated rings. The largest absolute Gasteiger partial charge is 0.497 e. The van der Waals surface area contributed by atoms with Crippen molar-refractivity contribution in [2.24, 2.45) is 0 Å². The molecule has 0 radical (unpaired) electrons. The Kier molecular flexibility index (Phi) is 5.83. The van der Waals surface area contributed by atoms with Crippen molar-refractivity contribution in [3.63, 3.8) is 0 Å². The average Bonchev–Trinajstić information content (AvgIpc) is 3.12. The van der Waals surface area contributed by atoms with Crippen LogP contribution in [0.25, 0.3) is 10.9 Å². The van der Waals surface area contributed by atoms with Crippen LogP contribution in [0.4, 0.5) is 0 Å². The molecule has 1 aliphatic heterocycles. The Morgan fingerprint density at radius 3 is 3.00 bits per heavy atom. The highest BCUT2D eigenvalue weighted by Gasteiger charge is 2.35. The van der Waals surface area contributed by atoms with E-state index in [2.05, 4.69) is 20.3 Å². The van der Waals surface area contributed by atoms with Crippen LogP contribution in [-0.2, 0) is 4.74 Å². The van der Waals surface area contributed by atoms with Crippen LogP contribution in [0.2, 0.25) is 0 Å². The second-order valence-corrected chi connectivity index (χ2v) is 7.41. The van der Waals surface area contributed by atoms with Crippen molar-refractivity contribution in [1.82, 2.24) is 25.2 Å². The summed E-state index contributed by atoms with van der Waals surface area (Å²) < 4.78 is 10.7. The van der Waals surface area contributed by atoms with Crippen molar-refractivity contribution < 1.29 is 24.2 Å². The van der Waals surface area contributed by atoms with Crippen LogP contribution >= 0.6 is 0 Å². The molecule has 0 saturated carbocycles. The monoisotopic (exact) mass is 425 g/mol. The van der Waals surface area contributed by atoms with Crippen molar-refractivity contribution in [3.05, 3.63) is 54.2 Å². The maximum absolute atomic E-state index is 13.1. The third kappa shape index (κ3) is 4.65. The molecule has 0 unspecified atom stereocenters. The van der Waals surface area contributed by atoms with E-state index in [1.165, 1.54) is 23.5 Å². The summed E-state index contributed by atoms with van der Waals surface area (Å²) in [6, 6.07) is 7.24. The number of carbonyl (C=O) groups is 2. The van der Waals surface area contributed by atoms with E-state index in [1.54, 1.807) is 13.2 Å². The minimum absolute atomic E-state index is 0.00523. The van der Waals surface area contributed by atoms with E-state index < -0.39 is 11.5 Å². The first-order chi connectivity index (χ1) is 15.0. The molecule has 2 aromatic heterocycles. The summed E-state index contributed by atoms with van der Waals surface area (Å²) in [6.45, 7) is 0.487. The molecule has 2 amide bonds. The van der Waals surface area contributed by atoms with Crippen molar-refractivity contribution in [1.29, 1.82) is 0 Å². The molecule has 1 saturated heterocycles. The van der Waals surface area contributed by atoms with Gasteiger partial charge in [0.1, 0.15) is 22.7 Å². The Bertz CT molecular complexity index is 1090. The number of rotatable bonds is 5. The zero-order valence-electron chi connectivity index (χ0n) is 17.0. The molecule has 1 aromatic carbocycles. The van der Waals surface area contributed by atoms with E-state index in [1.807, 2.05) is 18.2 Å². The van der Waals surface area contributed by atoms with Gasteiger partial charge in [-0.15, -0.1) is 0 Å². The van der Waals surface area contributed by atoms with Crippen molar-refractivity contribution >= 4 is 22.7 Å². The lowest BCUT2D eigenvalue weighted by Crippen LogP contribution is -2.53. The molecule has 3 N–H and O–H groups in total. The molecule has 1 atom stereocenters. The predicted octanol–water partition coefficient (Wildman–Crippen LogP) is 0.600. The highest BCUT2D eigenvalue weighted by molar-refractivity contribution is 5.98. The zero-order chi connectivity index (χ0) is 21.8. The summed E-state index contributed by atoms with van der Waals surface area (Å²) in [7, 11) is 1.58. The minimum atomic E-state index is -1.45. The highest BCUT2D eigenvalue weighted by Crippen LogP contribution is 2.23. The fraction of sp³-hybridized carbons (Fsp3) is 0.333. The first kappa shape index (κ1) is 20.8. The number of H-pyrrole nitrogens is 1. The zero-order valence-corrected chi connectivity index (χ0v) is 17.0. The molecule has 0 spiro atoms. The van der Waals surface area contributed by atoms with Crippen LogP contribution in [0.3, 0.4) is 0 Å². The van der Waals surface area contributed by atoms with Gasteiger partial charge in [-0.05, 0) is 24.3 Å². The first-order valence-corrected chi connectivity index (χ1v) is 9.78. The van der Waals surface area contributed by atoms with Crippen molar-refractivity contribution in [3.8, 4) is 5.75 Å². The van der Waals surface area contributed by atoms with Gasteiger partial charge in [-0.3, -0.25) is 14.6 Å². The van der Waals surface area contributed by atoms with Gasteiger partial charge in [-0.25, -0.2) is 4.98 Å². The number of β-amino-alcohol motifs (C(OH)–C–C–N with tert-alkyl or cyclic N) is 1. The minimum Gasteiger partial charge on any atom is -0.497 e. The number of fused-ring (bicyclic) bond motifs is 1. The summed E-state index contributed by atoms with van der Waals surface area (Å²) in [5.74, 6) is -0.0329. The summed E-state index contributed by atoms with van der Waals surface area (Å²) >= 11 is 0. The lowest BCUT2D eigenvalue weighted by molar-refractivity contribution is -0.0324. The summed E-state index contributed by atoms with van der Waals surface area (Å²) in [5.41, 5.74) is -0.0981. The van der Waals surface area contributed by atoms with E-state index in [9.17, 15) is 14.7 Å². The Balaban J connectivity index is 1.47. The Morgan fingerprint density at radius 2 is 2.23 bits per heavy atom. The Hall–Kier alpha value is -3.50. The third-order valence-electron chi connectivity index (χ3n) is 5.08. The van der Waals surface area contributed by atoms with Gasteiger partial charge in [-0.1, -0.05) is 0 Å². The number of aliphatic hydroxyl groups is 1. The number of carbonyl (C=O) groups excluding carboxylic acids is 2. The first-order valence-electron chi connectivity index (χ1n) is 9.78. The molecular weight excluding hydrogens is 402 g/mol. The van der Waals surface area contributed by atoms with E-state index >= 15 is 0 Å². The number of hydrogen-bond acceptors (Lipinski definition) is 7. The molecular formula is C21H23N5O5. The smallest absolute Gasteiger partial charge is 0.271 e. The summed E-state index contributed by atoms with van der Waals surface area (Å²) in [6.07, 6.45) is 4.21. The summed E-state index contributed by atoms with van der Waals surface area (Å²) in [5, 5.41) is 14.5. The quantitative estimate of drug-likeness (QED) is 0.546. The molecule has 10 heteroatoms. The standard InChI is InChI=1S/C21H23N5O5/c1-30-15-2-3-16-14(8-15)9-17(25-16)20(28)26-6-7-31-13-21(29,12-26)11-24-19(27)18-10-22-4-5-23-18/h2-5,8-10,25,29H,6-7,11-13H2,1H3,(H,24,27)/t21-/m0/s1. The lowest BCUT2D eigenvalue weighted by Gasteiger charge is -2.30. The van der Waals surface area contributed by atoms with Gasteiger partial charge in [0.25, 0.3) is 11.8 Å². The number of ether oxygens (including phenoxy) is 2. The van der Waals surface area contributed by atoms with E-state index in [4.69, 9.17) is 9.47 Å². The molecule has 1 aliphatic rings. The van der Waals surface area contributed by atoms with Gasteiger partial charge >= 0.3 is 0 Å². The number of hydrogen-bond donors (Lipinski definition) is 3. The van der Waals surface area contributed by atoms with Crippen molar-refractivity contribution in [2.75, 3.05) is 40.0 Å². The fourth-order valence-corrected chi connectivity index (χ4v) is 3.47.